The highest BCUT2D eigenvalue weighted by molar-refractivity contribution is 6.57. The van der Waals surface area contributed by atoms with Crippen LogP contribution >= 0.6 is 0 Å². The normalized spacial score (nSPS) is 22.5. The van der Waals surface area contributed by atoms with Gasteiger partial charge in [-0.15, -0.1) is 0 Å². The van der Waals surface area contributed by atoms with E-state index in [-0.39, 0.29) is 18.2 Å². The molecule has 3 amide bonds. The number of nitrogens with one attached hydrogen (secondary N) is 4. The third-order valence-electron chi connectivity index (χ3n) is 10.5. The van der Waals surface area contributed by atoms with Gasteiger partial charge in [-0.25, -0.2) is 15.0 Å². The number of imidazole rings is 1. The third kappa shape index (κ3) is 8.73. The minimum atomic E-state index is -3.92. The average Bonchev–Trinajstić information content (AvgIpc) is 3.91. The van der Waals surface area contributed by atoms with Crippen molar-refractivity contribution >= 4 is 47.9 Å². The van der Waals surface area contributed by atoms with E-state index in [2.05, 4.69) is 36.2 Å². The first-order chi connectivity index (χ1) is 26.4. The monoisotopic (exact) mass is 768 g/mol. The predicted octanol–water partition coefficient (Wildman–Crippen LogP) is 1.64. The van der Waals surface area contributed by atoms with Crippen molar-refractivity contribution in [2.45, 2.75) is 109 Å². The van der Waals surface area contributed by atoms with Crippen molar-refractivity contribution < 1.29 is 42.5 Å². The Morgan fingerprint density at radius 2 is 1.69 bits per heavy atom. The molecule has 3 aliphatic heterocycles. The molecule has 1 saturated heterocycles. The van der Waals surface area contributed by atoms with E-state index in [1.54, 1.807) is 13.8 Å². The molecule has 3 aromatic heterocycles. The molecule has 19 heteroatoms. The summed E-state index contributed by atoms with van der Waals surface area (Å²) < 4.78 is 40.2. The highest BCUT2D eigenvalue weighted by atomic mass is 19.2. The minimum absolute atomic E-state index is 0.0293. The number of aliphatic hydroxyl groups excluding tert-OH is 2. The number of aromatic nitrogens is 5. The van der Waals surface area contributed by atoms with Gasteiger partial charge in [0.15, 0.2) is 29.3 Å². The van der Waals surface area contributed by atoms with E-state index in [4.69, 9.17) is 4.74 Å². The molecule has 0 bridgehead atoms. The van der Waals surface area contributed by atoms with E-state index >= 15 is 8.63 Å². The summed E-state index contributed by atoms with van der Waals surface area (Å²) in [6.07, 6.45) is 6.33. The number of nitrogens with zero attached hydrogens (tertiary/aromatic N) is 6. The van der Waals surface area contributed by atoms with Crippen molar-refractivity contribution in [1.29, 1.82) is 0 Å². The number of hydrogen-bond acceptors (Lipinski definition) is 10. The highest BCUT2D eigenvalue weighted by Crippen LogP contribution is 2.34. The molecule has 0 saturated carbocycles. The number of carbonyl (C=O) groups is 3. The Hall–Kier alpha value is -4.75. The number of ether oxygens (including phenoxy) is 1. The Morgan fingerprint density at radius 3 is 2.45 bits per heavy atom. The Balaban J connectivity index is 0.814. The summed E-state index contributed by atoms with van der Waals surface area (Å²) in [6, 6.07) is 1.41. The van der Waals surface area contributed by atoms with Gasteiger partial charge >= 0.3 is 6.97 Å². The van der Waals surface area contributed by atoms with Gasteiger partial charge in [0, 0.05) is 51.0 Å². The van der Waals surface area contributed by atoms with E-state index in [0.717, 1.165) is 36.8 Å². The number of amides is 3. The number of halogens is 2. The first-order valence-corrected chi connectivity index (χ1v) is 19.2. The van der Waals surface area contributed by atoms with Crippen LogP contribution in [0.5, 0.6) is 0 Å². The van der Waals surface area contributed by atoms with Gasteiger partial charge in [-0.3, -0.25) is 19.0 Å². The molecule has 55 heavy (non-hydrogen) atoms. The van der Waals surface area contributed by atoms with Gasteiger partial charge in [-0.1, -0.05) is 6.42 Å². The van der Waals surface area contributed by atoms with Gasteiger partial charge in [0.2, 0.25) is 11.8 Å². The fraction of sp³-hybridized carbons (Fsp3) is 0.583. The van der Waals surface area contributed by atoms with Crippen LogP contribution in [0.1, 0.15) is 81.5 Å². The van der Waals surface area contributed by atoms with Gasteiger partial charge < -0.3 is 53.8 Å². The van der Waals surface area contributed by atoms with E-state index in [1.807, 2.05) is 19.1 Å². The van der Waals surface area contributed by atoms with Crippen molar-refractivity contribution in [3.63, 3.8) is 0 Å². The van der Waals surface area contributed by atoms with Gasteiger partial charge in [0.25, 0.3) is 5.91 Å². The summed E-state index contributed by atoms with van der Waals surface area (Å²) in [4.78, 5) is 49.9. The van der Waals surface area contributed by atoms with Crippen molar-refractivity contribution in [2.75, 3.05) is 31.5 Å². The van der Waals surface area contributed by atoms with Gasteiger partial charge in [0.05, 0.1) is 6.33 Å². The molecule has 6 heterocycles. The fourth-order valence-electron chi connectivity index (χ4n) is 7.67. The smallest absolute Gasteiger partial charge is 0.398 e. The zero-order valence-corrected chi connectivity index (χ0v) is 31.5. The second kappa shape index (κ2) is 17.4. The number of hydrogen-bond donors (Lipinski definition) is 6. The maximum Gasteiger partial charge on any atom is 0.731 e. The molecule has 5 atom stereocenters. The standard InChI is InChI=1S/C36H51BF2N10O6/c1-4-40-35(54)32-30(52)31(53)36(55-32)47-21-46-29-33(44-20-45-34(29)47)43-15-9-8-14-41-27(50)10-6-5-7-13-42-28(51)12-11-24-17-25-18-26-22(2)16-23(3)49(26)37(38,39)48(25)19-24/h16-17,19-21,25,30-32,36,52-53H,4-15,18H2,1-3H3,(H,40,54)(H,41,50)(H,42,51)(H,43,44,45)/t25?,30-,31+,32-,36+/m0/s1. The lowest BCUT2D eigenvalue weighted by Gasteiger charge is -2.34. The van der Waals surface area contributed by atoms with Gasteiger partial charge in [-0.05, 0) is 82.0 Å². The van der Waals surface area contributed by atoms with Gasteiger partial charge in [-0.2, -0.15) is 0 Å². The summed E-state index contributed by atoms with van der Waals surface area (Å²) in [5.41, 5.74) is 3.69. The van der Waals surface area contributed by atoms with Crippen LogP contribution in [0.4, 0.5) is 14.4 Å². The van der Waals surface area contributed by atoms with Crippen molar-refractivity contribution in [3.05, 3.63) is 47.3 Å². The molecular formula is C36H51BF2N10O6. The number of unbranched alkanes of at least 4 members (excludes halogenated alkanes) is 3. The number of likely N-dealkylation sites (N-methyl/N-ethyl adjacent to an activating group) is 1. The summed E-state index contributed by atoms with van der Waals surface area (Å²) >= 11 is 0. The third-order valence-corrected chi connectivity index (χ3v) is 10.5. The van der Waals surface area contributed by atoms with Crippen LogP contribution in [0.3, 0.4) is 0 Å². The molecule has 0 spiro atoms. The Kier molecular flexibility index (Phi) is 12.6. The Morgan fingerprint density at radius 1 is 0.964 bits per heavy atom. The number of fused-ring (bicyclic) bond motifs is 3. The van der Waals surface area contributed by atoms with Crippen LogP contribution in [0.25, 0.3) is 11.2 Å². The molecule has 0 aliphatic carbocycles. The molecule has 1 fully saturated rings. The lowest BCUT2D eigenvalue weighted by molar-refractivity contribution is -0.452. The largest absolute Gasteiger partial charge is 0.731 e. The quantitative estimate of drug-likeness (QED) is 0.0817. The molecule has 1 unspecified atom stereocenters. The van der Waals surface area contributed by atoms with E-state index in [0.29, 0.717) is 80.2 Å². The van der Waals surface area contributed by atoms with Crippen LogP contribution in [-0.4, -0.2) is 120 Å². The van der Waals surface area contributed by atoms with Gasteiger partial charge in [0.1, 0.15) is 30.8 Å². The van der Waals surface area contributed by atoms with E-state index in [9.17, 15) is 24.6 Å². The van der Waals surface area contributed by atoms with Crippen LogP contribution in [0.2, 0.25) is 0 Å². The Bertz CT molecular complexity index is 1950. The van der Waals surface area contributed by atoms with Crippen molar-refractivity contribution in [2.24, 2.45) is 0 Å². The second-order valence-corrected chi connectivity index (χ2v) is 14.5. The average molecular weight is 769 g/mol. The zero-order chi connectivity index (χ0) is 39.3. The molecule has 16 nitrogen and oxygen atoms in total. The van der Waals surface area contributed by atoms with E-state index in [1.165, 1.54) is 32.4 Å². The summed E-state index contributed by atoms with van der Waals surface area (Å²) in [5.74, 6) is -0.186. The van der Waals surface area contributed by atoms with Crippen LogP contribution in [0, 0.1) is 13.8 Å². The van der Waals surface area contributed by atoms with Crippen LogP contribution in [0.15, 0.2) is 30.4 Å². The SMILES string of the molecule is CCNC(=O)[C@H]1O[C@@H](n2cnc3c(NCCCCNC(=O)CCCCCNC(=O)CCC4=CC5Cc6c(C)cc(C)n6[B-](F)(F)[N+]5=C4)ncnc32)[C@H](O)[C@@H]1O. The number of allylic oxidation sites excluding steroid dienone is 1. The number of aryl methyl sites for hydroxylation is 2. The molecule has 6 rings (SSSR count). The van der Waals surface area contributed by atoms with Crippen molar-refractivity contribution in [1.82, 2.24) is 39.9 Å². The van der Waals surface area contributed by atoms with Crippen LogP contribution in [-0.2, 0) is 25.5 Å². The summed E-state index contributed by atoms with van der Waals surface area (Å²) in [5, 5.41) is 32.6. The summed E-state index contributed by atoms with van der Waals surface area (Å²) in [6.45, 7) is 3.33. The fourth-order valence-corrected chi connectivity index (χ4v) is 7.67. The number of anilines is 1. The van der Waals surface area contributed by atoms with Crippen LogP contribution < -0.4 is 21.3 Å². The molecule has 3 aromatic rings. The predicted molar refractivity (Wildman–Crippen MR) is 201 cm³/mol. The zero-order valence-electron chi connectivity index (χ0n) is 31.5. The number of aliphatic hydroxyl groups is 2. The molecule has 298 valence electrons. The molecule has 0 radical (unpaired) electrons. The first-order valence-electron chi connectivity index (χ1n) is 19.2. The number of rotatable bonds is 18. The molecule has 3 aliphatic rings. The maximum atomic E-state index is 15.4. The Labute approximate surface area is 317 Å². The van der Waals surface area contributed by atoms with Crippen molar-refractivity contribution in [3.8, 4) is 0 Å². The molecule has 6 N–H and O–H groups in total. The lowest BCUT2D eigenvalue weighted by atomic mass is 9.87. The molecular weight excluding hydrogens is 717 g/mol. The highest BCUT2D eigenvalue weighted by Gasteiger charge is 2.53. The second-order valence-electron chi connectivity index (χ2n) is 14.5. The number of carbonyl (C=O) groups excluding carboxylic acids is 3. The topological polar surface area (TPSA) is 201 Å². The minimum Gasteiger partial charge on any atom is -0.398 e. The lowest BCUT2D eigenvalue weighted by Crippen LogP contribution is -2.55. The maximum absolute atomic E-state index is 15.4. The summed E-state index contributed by atoms with van der Waals surface area (Å²) in [7, 11) is 0. The molecule has 0 aromatic carbocycles. The van der Waals surface area contributed by atoms with E-state index < -0.39 is 43.5 Å². The first kappa shape index (κ1) is 39.9.